The number of carbonyl (C=O) groups excluding carboxylic acids is 2. The van der Waals surface area contributed by atoms with Crippen LogP contribution in [0.3, 0.4) is 0 Å². The van der Waals surface area contributed by atoms with Gasteiger partial charge in [-0.3, -0.25) is 9.59 Å². The molecule has 2 amide bonds. The minimum atomic E-state index is -0.679. The van der Waals surface area contributed by atoms with Crippen LogP contribution in [-0.2, 0) is 9.59 Å². The first-order chi connectivity index (χ1) is 9.53. The monoisotopic (exact) mass is 319 g/mol. The highest BCUT2D eigenvalue weighted by Gasteiger charge is 2.34. The van der Waals surface area contributed by atoms with Crippen molar-refractivity contribution in [3.05, 3.63) is 0 Å². The highest BCUT2D eigenvalue weighted by molar-refractivity contribution is 5.86. The van der Waals surface area contributed by atoms with Gasteiger partial charge in [0.25, 0.3) is 0 Å². The average molecular weight is 320 g/mol. The molecule has 5 nitrogen and oxygen atoms in total. The van der Waals surface area contributed by atoms with Gasteiger partial charge in [0, 0.05) is 26.1 Å². The number of amides is 2. The van der Waals surface area contributed by atoms with E-state index in [2.05, 4.69) is 5.32 Å². The molecule has 0 unspecified atom stereocenters. The Hall–Kier alpha value is -0.810. The molecule has 1 aliphatic rings. The van der Waals surface area contributed by atoms with Crippen LogP contribution < -0.4 is 11.1 Å². The number of nitrogens with one attached hydrogen (secondary N) is 1. The van der Waals surface area contributed by atoms with Crippen molar-refractivity contribution in [3.63, 3.8) is 0 Å². The van der Waals surface area contributed by atoms with Gasteiger partial charge in [0.1, 0.15) is 0 Å². The lowest BCUT2D eigenvalue weighted by Gasteiger charge is -2.31. The van der Waals surface area contributed by atoms with Crippen LogP contribution in [-0.4, -0.2) is 41.9 Å². The smallest absolute Gasteiger partial charge is 0.240 e. The van der Waals surface area contributed by atoms with Crippen molar-refractivity contribution >= 4 is 24.2 Å². The Morgan fingerprint density at radius 3 is 2.24 bits per heavy atom. The van der Waals surface area contributed by atoms with E-state index in [4.69, 9.17) is 5.73 Å². The predicted octanol–water partition coefficient (Wildman–Crippen LogP) is 1.83. The summed E-state index contributed by atoms with van der Waals surface area (Å²) in [6, 6.07) is 0. The van der Waals surface area contributed by atoms with Crippen molar-refractivity contribution in [2.45, 2.75) is 64.3 Å². The summed E-state index contributed by atoms with van der Waals surface area (Å²) in [5, 5.41) is 2.89. The lowest BCUT2D eigenvalue weighted by molar-refractivity contribution is -0.131. The predicted molar refractivity (Wildman–Crippen MR) is 87.4 cm³/mol. The summed E-state index contributed by atoms with van der Waals surface area (Å²) in [7, 11) is 0. The summed E-state index contributed by atoms with van der Waals surface area (Å²) in [6.07, 6.45) is 5.95. The van der Waals surface area contributed by atoms with Crippen molar-refractivity contribution in [2.24, 2.45) is 5.73 Å². The molecule has 0 aromatic carbocycles. The number of nitrogens with zero attached hydrogens (tertiary/aromatic N) is 1. The number of halogens is 1. The molecular formula is C15H30ClN3O2. The molecule has 21 heavy (non-hydrogen) atoms. The summed E-state index contributed by atoms with van der Waals surface area (Å²) in [6.45, 7) is 5.97. The maximum absolute atomic E-state index is 12.1. The van der Waals surface area contributed by atoms with Gasteiger partial charge in [0.15, 0.2) is 0 Å². The van der Waals surface area contributed by atoms with Crippen LogP contribution in [0.2, 0.25) is 0 Å². The van der Waals surface area contributed by atoms with Crippen LogP contribution in [0.1, 0.15) is 58.8 Å². The molecule has 1 aliphatic carbocycles. The molecule has 6 heteroatoms. The van der Waals surface area contributed by atoms with E-state index in [1.165, 1.54) is 6.42 Å². The van der Waals surface area contributed by atoms with Crippen LogP contribution in [0, 0.1) is 0 Å². The fourth-order valence-electron chi connectivity index (χ4n) is 2.76. The first kappa shape index (κ1) is 20.2. The molecule has 1 saturated carbocycles. The zero-order valence-corrected chi connectivity index (χ0v) is 14.1. The Bertz CT molecular complexity index is 327. The first-order valence-electron chi connectivity index (χ1n) is 7.88. The second-order valence-corrected chi connectivity index (χ2v) is 5.64. The maximum Gasteiger partial charge on any atom is 0.240 e. The minimum absolute atomic E-state index is 0. The molecule has 0 heterocycles. The number of rotatable bonds is 7. The largest absolute Gasteiger partial charge is 0.354 e. The van der Waals surface area contributed by atoms with Gasteiger partial charge in [-0.15, -0.1) is 12.4 Å². The molecular weight excluding hydrogens is 290 g/mol. The van der Waals surface area contributed by atoms with Gasteiger partial charge in [-0.2, -0.15) is 0 Å². The van der Waals surface area contributed by atoms with Crippen molar-refractivity contribution in [3.8, 4) is 0 Å². The molecule has 124 valence electrons. The van der Waals surface area contributed by atoms with Crippen molar-refractivity contribution in [1.82, 2.24) is 10.2 Å². The maximum atomic E-state index is 12.1. The molecule has 0 bridgehead atoms. The molecule has 1 rings (SSSR count). The number of nitrogens with two attached hydrogens (primary N) is 1. The van der Waals surface area contributed by atoms with Crippen molar-refractivity contribution < 1.29 is 9.59 Å². The van der Waals surface area contributed by atoms with Crippen LogP contribution in [0.25, 0.3) is 0 Å². The Morgan fingerprint density at radius 1 is 1.14 bits per heavy atom. The third-order valence-corrected chi connectivity index (χ3v) is 4.17. The lowest BCUT2D eigenvalue weighted by Crippen LogP contribution is -2.55. The molecule has 0 aromatic rings. The van der Waals surface area contributed by atoms with Crippen molar-refractivity contribution in [1.29, 1.82) is 0 Å². The molecule has 1 fully saturated rings. The molecule has 0 radical (unpaired) electrons. The fraction of sp³-hybridized carbons (Fsp3) is 0.867. The average Bonchev–Trinajstić information content (AvgIpc) is 2.45. The summed E-state index contributed by atoms with van der Waals surface area (Å²) >= 11 is 0. The molecule has 0 aromatic heterocycles. The first-order valence-corrected chi connectivity index (χ1v) is 7.88. The van der Waals surface area contributed by atoms with E-state index in [1.807, 2.05) is 18.7 Å². The normalized spacial score (nSPS) is 16.7. The summed E-state index contributed by atoms with van der Waals surface area (Å²) in [5.41, 5.74) is 5.47. The van der Waals surface area contributed by atoms with Gasteiger partial charge in [0.2, 0.25) is 11.8 Å². The van der Waals surface area contributed by atoms with Gasteiger partial charge < -0.3 is 16.0 Å². The molecule has 0 spiro atoms. The second kappa shape index (κ2) is 10.0. The number of carbonyl (C=O) groups is 2. The van der Waals surface area contributed by atoms with Crippen LogP contribution in [0.4, 0.5) is 0 Å². The standard InChI is InChI=1S/C15H29N3O2.ClH/c1-3-18(4-2)13(19)9-8-12-17-14(20)15(16)10-6-5-7-11-15;/h3-12,16H2,1-2H3,(H,17,20);1H. The minimum Gasteiger partial charge on any atom is -0.354 e. The Balaban J connectivity index is 0.00000400. The quantitative estimate of drug-likeness (QED) is 0.703. The van der Waals surface area contributed by atoms with E-state index >= 15 is 0 Å². The van der Waals surface area contributed by atoms with Gasteiger partial charge in [-0.25, -0.2) is 0 Å². The van der Waals surface area contributed by atoms with Crippen LogP contribution in [0.15, 0.2) is 0 Å². The number of hydrogen-bond donors (Lipinski definition) is 2. The fourth-order valence-corrected chi connectivity index (χ4v) is 2.76. The Labute approximate surface area is 134 Å². The van der Waals surface area contributed by atoms with E-state index in [0.717, 1.165) is 38.8 Å². The highest BCUT2D eigenvalue weighted by Crippen LogP contribution is 2.25. The van der Waals surface area contributed by atoms with Gasteiger partial charge in [-0.1, -0.05) is 19.3 Å². The van der Waals surface area contributed by atoms with Gasteiger partial charge in [-0.05, 0) is 33.1 Å². The number of hydrogen-bond acceptors (Lipinski definition) is 3. The van der Waals surface area contributed by atoms with E-state index in [0.29, 0.717) is 19.4 Å². The molecule has 0 aliphatic heterocycles. The van der Waals surface area contributed by atoms with Gasteiger partial charge in [0.05, 0.1) is 5.54 Å². The molecule has 0 saturated heterocycles. The molecule has 3 N–H and O–H groups in total. The topological polar surface area (TPSA) is 75.4 Å². The summed E-state index contributed by atoms with van der Waals surface area (Å²) in [4.78, 5) is 25.7. The van der Waals surface area contributed by atoms with E-state index < -0.39 is 5.54 Å². The molecule has 0 atom stereocenters. The Morgan fingerprint density at radius 2 is 1.71 bits per heavy atom. The zero-order valence-electron chi connectivity index (χ0n) is 13.3. The highest BCUT2D eigenvalue weighted by atomic mass is 35.5. The zero-order chi connectivity index (χ0) is 15.0. The van der Waals surface area contributed by atoms with Crippen LogP contribution >= 0.6 is 12.4 Å². The van der Waals surface area contributed by atoms with Crippen LogP contribution in [0.5, 0.6) is 0 Å². The SMILES string of the molecule is CCN(CC)C(=O)CCCNC(=O)C1(N)CCCCC1.Cl. The van der Waals surface area contributed by atoms with Gasteiger partial charge >= 0.3 is 0 Å². The summed E-state index contributed by atoms with van der Waals surface area (Å²) < 4.78 is 0. The van der Waals surface area contributed by atoms with E-state index in [1.54, 1.807) is 0 Å². The van der Waals surface area contributed by atoms with Crippen molar-refractivity contribution in [2.75, 3.05) is 19.6 Å². The third kappa shape index (κ3) is 6.22. The second-order valence-electron chi connectivity index (χ2n) is 5.64. The summed E-state index contributed by atoms with van der Waals surface area (Å²) in [5.74, 6) is 0.108. The lowest BCUT2D eigenvalue weighted by atomic mass is 9.82. The van der Waals surface area contributed by atoms with E-state index in [9.17, 15) is 9.59 Å². The Kier molecular flexibility index (Phi) is 9.62. The van der Waals surface area contributed by atoms with E-state index in [-0.39, 0.29) is 24.2 Å². The third-order valence-electron chi connectivity index (χ3n) is 4.17.